The van der Waals surface area contributed by atoms with Crippen LogP contribution in [-0.2, 0) is 4.74 Å². The molecule has 0 aliphatic carbocycles. The molecule has 0 spiro atoms. The van der Waals surface area contributed by atoms with E-state index in [0.717, 1.165) is 0 Å². The lowest BCUT2D eigenvalue weighted by Gasteiger charge is -2.08. The summed E-state index contributed by atoms with van der Waals surface area (Å²) in [6.45, 7) is 2.91. The van der Waals surface area contributed by atoms with Crippen molar-refractivity contribution in [3.8, 4) is 5.75 Å². The highest BCUT2D eigenvalue weighted by atomic mass is 32.1. The summed E-state index contributed by atoms with van der Waals surface area (Å²) in [6.07, 6.45) is 0. The molecule has 1 aromatic rings. The largest absolute Gasteiger partial charge is 0.484 e. The fourth-order valence-corrected chi connectivity index (χ4v) is 1.49. The van der Waals surface area contributed by atoms with Crippen molar-refractivity contribution in [2.75, 3.05) is 25.6 Å². The Balaban J connectivity index is 2.58. The molecule has 94 valence electrons. The highest BCUT2D eigenvalue weighted by Crippen LogP contribution is 2.29. The van der Waals surface area contributed by atoms with Gasteiger partial charge in [0.2, 0.25) is 0 Å². The zero-order valence-corrected chi connectivity index (χ0v) is 10.5. The number of nitro benzene ring substituents is 1. The summed E-state index contributed by atoms with van der Waals surface area (Å²) in [6, 6.07) is 5.00. The van der Waals surface area contributed by atoms with Gasteiger partial charge >= 0.3 is 5.69 Å². The number of ether oxygens (including phenoxy) is 2. The van der Waals surface area contributed by atoms with Gasteiger partial charge in [-0.2, -0.15) is 12.6 Å². The highest BCUT2D eigenvalue weighted by molar-refractivity contribution is 7.80. The molecule has 5 nitrogen and oxygen atoms in total. The third-order valence-electron chi connectivity index (χ3n) is 2.10. The minimum Gasteiger partial charge on any atom is -0.484 e. The van der Waals surface area contributed by atoms with Gasteiger partial charge in [-0.15, -0.1) is 0 Å². The van der Waals surface area contributed by atoms with Crippen LogP contribution in [0.5, 0.6) is 5.75 Å². The van der Waals surface area contributed by atoms with Gasteiger partial charge in [0.1, 0.15) is 6.61 Å². The Kier molecular flexibility index (Phi) is 5.79. The van der Waals surface area contributed by atoms with Crippen molar-refractivity contribution in [1.82, 2.24) is 0 Å². The van der Waals surface area contributed by atoms with Gasteiger partial charge in [-0.25, -0.2) is 0 Å². The van der Waals surface area contributed by atoms with E-state index in [2.05, 4.69) is 12.6 Å². The SMILES string of the molecule is Cc1cccc(OCCOCCS)c1[N+](=O)[O-]. The maximum absolute atomic E-state index is 10.9. The molecule has 0 aromatic heterocycles. The van der Waals surface area contributed by atoms with Crippen LogP contribution in [0.3, 0.4) is 0 Å². The van der Waals surface area contributed by atoms with Gasteiger partial charge in [-0.3, -0.25) is 10.1 Å². The molecule has 0 N–H and O–H groups in total. The average Bonchev–Trinajstić information content (AvgIpc) is 2.28. The molecule has 0 fully saturated rings. The first-order valence-electron chi connectivity index (χ1n) is 5.22. The predicted molar refractivity (Wildman–Crippen MR) is 68.0 cm³/mol. The minimum absolute atomic E-state index is 0.0155. The molecular weight excluding hydrogens is 242 g/mol. The molecule has 1 aromatic carbocycles. The van der Waals surface area contributed by atoms with E-state index in [1.807, 2.05) is 0 Å². The van der Waals surface area contributed by atoms with Crippen molar-refractivity contribution in [1.29, 1.82) is 0 Å². The van der Waals surface area contributed by atoms with Crippen LogP contribution in [0.1, 0.15) is 5.56 Å². The summed E-state index contributed by atoms with van der Waals surface area (Å²) in [7, 11) is 0. The molecule has 0 heterocycles. The van der Waals surface area contributed by atoms with E-state index in [1.54, 1.807) is 25.1 Å². The first kappa shape index (κ1) is 13.8. The van der Waals surface area contributed by atoms with Crippen molar-refractivity contribution in [2.24, 2.45) is 0 Å². The van der Waals surface area contributed by atoms with Crippen molar-refractivity contribution >= 4 is 18.3 Å². The van der Waals surface area contributed by atoms with Crippen molar-refractivity contribution < 1.29 is 14.4 Å². The molecule has 1 rings (SSSR count). The number of para-hydroxylation sites is 1. The maximum Gasteiger partial charge on any atom is 0.313 e. The van der Waals surface area contributed by atoms with E-state index in [9.17, 15) is 10.1 Å². The second-order valence-electron chi connectivity index (χ2n) is 3.36. The average molecular weight is 257 g/mol. The van der Waals surface area contributed by atoms with Crippen molar-refractivity contribution in [3.63, 3.8) is 0 Å². The smallest absolute Gasteiger partial charge is 0.313 e. The highest BCUT2D eigenvalue weighted by Gasteiger charge is 2.17. The number of aryl methyl sites for hydroxylation is 1. The van der Waals surface area contributed by atoms with Gasteiger partial charge in [0, 0.05) is 11.3 Å². The second kappa shape index (κ2) is 7.13. The minimum atomic E-state index is -0.431. The molecule has 0 aliphatic heterocycles. The molecule has 0 radical (unpaired) electrons. The van der Waals surface area contributed by atoms with Crippen LogP contribution < -0.4 is 4.74 Å². The van der Waals surface area contributed by atoms with Crippen LogP contribution in [0.2, 0.25) is 0 Å². The van der Waals surface area contributed by atoms with E-state index < -0.39 is 4.92 Å². The Morgan fingerprint density at radius 3 is 2.76 bits per heavy atom. The standard InChI is InChI=1S/C11H15NO4S/c1-9-3-2-4-10(11(9)12(13)14)16-6-5-15-7-8-17/h2-4,17H,5-8H2,1H3. The monoisotopic (exact) mass is 257 g/mol. The first-order chi connectivity index (χ1) is 8.16. The summed E-state index contributed by atoms with van der Waals surface area (Å²) in [5, 5.41) is 10.9. The van der Waals surface area contributed by atoms with Gasteiger partial charge in [0.15, 0.2) is 5.75 Å². The van der Waals surface area contributed by atoms with Gasteiger partial charge < -0.3 is 9.47 Å². The number of benzene rings is 1. The molecule has 0 unspecified atom stereocenters. The normalized spacial score (nSPS) is 10.2. The number of hydrogen-bond acceptors (Lipinski definition) is 5. The van der Waals surface area contributed by atoms with E-state index in [-0.39, 0.29) is 18.0 Å². The number of hydrogen-bond donors (Lipinski definition) is 1. The lowest BCUT2D eigenvalue weighted by molar-refractivity contribution is -0.386. The Bertz CT molecular complexity index is 384. The summed E-state index contributed by atoms with van der Waals surface area (Å²) in [5.41, 5.74) is 0.602. The van der Waals surface area contributed by atoms with Crippen LogP contribution in [0.15, 0.2) is 18.2 Å². The third-order valence-corrected chi connectivity index (χ3v) is 2.29. The number of nitro groups is 1. The zero-order valence-electron chi connectivity index (χ0n) is 9.59. The number of nitrogens with zero attached hydrogens (tertiary/aromatic N) is 1. The summed E-state index contributed by atoms with van der Waals surface area (Å²) >= 11 is 3.99. The number of rotatable bonds is 7. The van der Waals surface area contributed by atoms with Crippen LogP contribution in [0.25, 0.3) is 0 Å². The third kappa shape index (κ3) is 4.24. The molecule has 0 bridgehead atoms. The topological polar surface area (TPSA) is 61.6 Å². The Labute approximate surface area is 105 Å². The fraction of sp³-hybridized carbons (Fsp3) is 0.455. The van der Waals surface area contributed by atoms with Crippen LogP contribution in [-0.4, -0.2) is 30.5 Å². The summed E-state index contributed by atoms with van der Waals surface area (Å²) in [4.78, 5) is 10.4. The van der Waals surface area contributed by atoms with E-state index in [1.165, 1.54) is 0 Å². The van der Waals surface area contributed by atoms with Gasteiger partial charge in [-0.1, -0.05) is 12.1 Å². The molecule has 0 atom stereocenters. The van der Waals surface area contributed by atoms with Crippen LogP contribution in [0, 0.1) is 17.0 Å². The molecule has 0 aliphatic rings. The molecule has 17 heavy (non-hydrogen) atoms. The lowest BCUT2D eigenvalue weighted by atomic mass is 10.2. The van der Waals surface area contributed by atoms with E-state index in [0.29, 0.717) is 24.5 Å². The van der Waals surface area contributed by atoms with E-state index in [4.69, 9.17) is 9.47 Å². The summed E-state index contributed by atoms with van der Waals surface area (Å²) < 4.78 is 10.5. The fourth-order valence-electron chi connectivity index (χ4n) is 1.36. The Morgan fingerprint density at radius 1 is 1.35 bits per heavy atom. The molecule has 6 heteroatoms. The lowest BCUT2D eigenvalue weighted by Crippen LogP contribution is -2.09. The van der Waals surface area contributed by atoms with Crippen LogP contribution >= 0.6 is 12.6 Å². The molecule has 0 saturated heterocycles. The van der Waals surface area contributed by atoms with Crippen molar-refractivity contribution in [2.45, 2.75) is 6.92 Å². The quantitative estimate of drug-likeness (QED) is 0.352. The van der Waals surface area contributed by atoms with E-state index >= 15 is 0 Å². The van der Waals surface area contributed by atoms with Gasteiger partial charge in [0.05, 0.1) is 18.1 Å². The first-order valence-corrected chi connectivity index (χ1v) is 5.85. The predicted octanol–water partition coefficient (Wildman–Crippen LogP) is 2.23. The Hall–Kier alpha value is -1.27. The Morgan fingerprint density at radius 2 is 2.12 bits per heavy atom. The second-order valence-corrected chi connectivity index (χ2v) is 3.81. The zero-order chi connectivity index (χ0) is 12.7. The van der Waals surface area contributed by atoms with Crippen molar-refractivity contribution in [3.05, 3.63) is 33.9 Å². The number of thiol groups is 1. The molecule has 0 saturated carbocycles. The van der Waals surface area contributed by atoms with Gasteiger partial charge in [-0.05, 0) is 13.0 Å². The summed E-state index contributed by atoms with van der Waals surface area (Å²) in [5.74, 6) is 0.925. The van der Waals surface area contributed by atoms with Crippen LogP contribution in [0.4, 0.5) is 5.69 Å². The molecule has 0 amide bonds. The van der Waals surface area contributed by atoms with Gasteiger partial charge in [0.25, 0.3) is 0 Å². The maximum atomic E-state index is 10.9. The molecular formula is C11H15NO4S.